The van der Waals surface area contributed by atoms with Crippen LogP contribution in [-0.2, 0) is 11.2 Å². The monoisotopic (exact) mass is 282 g/mol. The number of carbonyl (C=O) groups is 1. The van der Waals surface area contributed by atoms with E-state index in [0.717, 1.165) is 25.5 Å². The highest BCUT2D eigenvalue weighted by Gasteiger charge is 2.26. The van der Waals surface area contributed by atoms with Crippen LogP contribution < -0.4 is 10.6 Å². The van der Waals surface area contributed by atoms with Crippen molar-refractivity contribution in [1.29, 1.82) is 0 Å². The molecule has 1 amide bonds. The van der Waals surface area contributed by atoms with Crippen molar-refractivity contribution >= 4 is 5.91 Å². The van der Waals surface area contributed by atoms with Gasteiger partial charge in [-0.1, -0.05) is 6.92 Å². The average Bonchev–Trinajstić information content (AvgIpc) is 2.38. The third kappa shape index (κ3) is 4.00. The highest BCUT2D eigenvalue weighted by molar-refractivity contribution is 5.82. The lowest BCUT2D eigenvalue weighted by Gasteiger charge is -2.28. The van der Waals surface area contributed by atoms with Gasteiger partial charge in [-0.2, -0.15) is 0 Å². The van der Waals surface area contributed by atoms with Crippen LogP contribution in [0, 0.1) is 17.6 Å². The van der Waals surface area contributed by atoms with Gasteiger partial charge in [-0.25, -0.2) is 8.78 Å². The summed E-state index contributed by atoms with van der Waals surface area (Å²) in [5.41, 5.74) is 0.549. The van der Waals surface area contributed by atoms with Gasteiger partial charge in [-0.3, -0.25) is 4.79 Å². The van der Waals surface area contributed by atoms with Crippen molar-refractivity contribution in [2.75, 3.05) is 13.1 Å². The molecule has 3 nitrogen and oxygen atoms in total. The topological polar surface area (TPSA) is 41.1 Å². The second-order valence-electron chi connectivity index (χ2n) is 5.37. The van der Waals surface area contributed by atoms with Crippen LogP contribution in [0.25, 0.3) is 0 Å². The second kappa shape index (κ2) is 6.79. The van der Waals surface area contributed by atoms with E-state index in [0.29, 0.717) is 24.4 Å². The van der Waals surface area contributed by atoms with E-state index in [-0.39, 0.29) is 11.9 Å². The molecule has 0 radical (unpaired) electrons. The van der Waals surface area contributed by atoms with E-state index >= 15 is 0 Å². The summed E-state index contributed by atoms with van der Waals surface area (Å²) >= 11 is 0. The molecule has 0 aromatic heterocycles. The van der Waals surface area contributed by atoms with E-state index in [2.05, 4.69) is 17.6 Å². The Bertz CT molecular complexity index is 459. The fourth-order valence-electron chi connectivity index (χ4n) is 2.60. The summed E-state index contributed by atoms with van der Waals surface area (Å²) in [5, 5.41) is 6.03. The summed E-state index contributed by atoms with van der Waals surface area (Å²) in [6.07, 6.45) is 2.55. The van der Waals surface area contributed by atoms with Crippen LogP contribution in [0.15, 0.2) is 18.2 Å². The first-order valence-electron chi connectivity index (χ1n) is 7.02. The Morgan fingerprint density at radius 1 is 1.35 bits per heavy atom. The summed E-state index contributed by atoms with van der Waals surface area (Å²) in [6, 6.07) is 3.26. The van der Waals surface area contributed by atoms with Crippen LogP contribution in [0.1, 0.15) is 25.3 Å². The molecule has 1 aliphatic rings. The SMILES string of the molecule is CC1CCCNC1C(=O)NCCc1cc(F)cc(F)c1. The minimum atomic E-state index is -0.589. The predicted molar refractivity (Wildman–Crippen MR) is 73.3 cm³/mol. The molecule has 2 unspecified atom stereocenters. The van der Waals surface area contributed by atoms with Gasteiger partial charge in [-0.15, -0.1) is 0 Å². The highest BCUT2D eigenvalue weighted by Crippen LogP contribution is 2.15. The van der Waals surface area contributed by atoms with Gasteiger partial charge in [0.05, 0.1) is 6.04 Å². The van der Waals surface area contributed by atoms with Crippen molar-refractivity contribution in [3.8, 4) is 0 Å². The average molecular weight is 282 g/mol. The number of carbonyl (C=O) groups excluding carboxylic acids is 1. The smallest absolute Gasteiger partial charge is 0.237 e. The summed E-state index contributed by atoms with van der Waals surface area (Å²) < 4.78 is 26.0. The quantitative estimate of drug-likeness (QED) is 0.887. The van der Waals surface area contributed by atoms with Crippen molar-refractivity contribution < 1.29 is 13.6 Å². The van der Waals surface area contributed by atoms with E-state index in [1.165, 1.54) is 12.1 Å². The molecule has 0 spiro atoms. The number of amides is 1. The molecule has 20 heavy (non-hydrogen) atoms. The molecular weight excluding hydrogens is 262 g/mol. The largest absolute Gasteiger partial charge is 0.354 e. The van der Waals surface area contributed by atoms with Crippen LogP contribution >= 0.6 is 0 Å². The lowest BCUT2D eigenvalue weighted by atomic mass is 9.92. The number of halogens is 2. The molecule has 5 heteroatoms. The molecule has 1 aliphatic heterocycles. The molecule has 1 heterocycles. The second-order valence-corrected chi connectivity index (χ2v) is 5.37. The third-order valence-electron chi connectivity index (χ3n) is 3.69. The van der Waals surface area contributed by atoms with Crippen LogP contribution in [0.2, 0.25) is 0 Å². The zero-order valence-electron chi connectivity index (χ0n) is 11.6. The molecule has 2 N–H and O–H groups in total. The minimum Gasteiger partial charge on any atom is -0.354 e. The van der Waals surface area contributed by atoms with E-state index in [1.54, 1.807) is 0 Å². The standard InChI is InChI=1S/C15H20F2N2O/c1-10-3-2-5-18-14(10)15(20)19-6-4-11-7-12(16)9-13(17)8-11/h7-10,14,18H,2-6H2,1H3,(H,19,20). The van der Waals surface area contributed by atoms with Gasteiger partial charge < -0.3 is 10.6 Å². The molecule has 1 aromatic rings. The maximum absolute atomic E-state index is 13.0. The summed E-state index contributed by atoms with van der Waals surface area (Å²) in [6.45, 7) is 3.29. The minimum absolute atomic E-state index is 0.0333. The third-order valence-corrected chi connectivity index (χ3v) is 3.69. The Hall–Kier alpha value is -1.49. The van der Waals surface area contributed by atoms with Gasteiger partial charge in [0.1, 0.15) is 11.6 Å². The lowest BCUT2D eigenvalue weighted by Crippen LogP contribution is -2.51. The molecule has 1 fully saturated rings. The van der Waals surface area contributed by atoms with Gasteiger partial charge >= 0.3 is 0 Å². The predicted octanol–water partition coefficient (Wildman–Crippen LogP) is 2.01. The fraction of sp³-hybridized carbons (Fsp3) is 0.533. The van der Waals surface area contributed by atoms with Crippen molar-refractivity contribution in [2.24, 2.45) is 5.92 Å². The Labute approximate surface area is 117 Å². The molecule has 1 saturated heterocycles. The molecule has 1 aromatic carbocycles. The van der Waals surface area contributed by atoms with E-state index < -0.39 is 11.6 Å². The van der Waals surface area contributed by atoms with Crippen LogP contribution in [-0.4, -0.2) is 25.0 Å². The number of hydrogen-bond donors (Lipinski definition) is 2. The normalized spacial score (nSPS) is 22.6. The van der Waals surface area contributed by atoms with E-state index in [9.17, 15) is 13.6 Å². The van der Waals surface area contributed by atoms with E-state index in [1.807, 2.05) is 0 Å². The van der Waals surface area contributed by atoms with Gasteiger partial charge in [0.15, 0.2) is 0 Å². The zero-order chi connectivity index (χ0) is 14.5. The molecule has 0 aliphatic carbocycles. The van der Waals surface area contributed by atoms with E-state index in [4.69, 9.17) is 0 Å². The van der Waals surface area contributed by atoms with Crippen molar-refractivity contribution in [3.63, 3.8) is 0 Å². The Morgan fingerprint density at radius 3 is 2.70 bits per heavy atom. The van der Waals surface area contributed by atoms with Gasteiger partial charge in [0, 0.05) is 12.6 Å². The first-order chi connectivity index (χ1) is 9.56. The highest BCUT2D eigenvalue weighted by atomic mass is 19.1. The molecule has 2 atom stereocenters. The Morgan fingerprint density at radius 2 is 2.05 bits per heavy atom. The fourth-order valence-corrected chi connectivity index (χ4v) is 2.60. The first-order valence-corrected chi connectivity index (χ1v) is 7.02. The van der Waals surface area contributed by atoms with Crippen LogP contribution in [0.5, 0.6) is 0 Å². The van der Waals surface area contributed by atoms with Crippen LogP contribution in [0.4, 0.5) is 8.78 Å². The van der Waals surface area contributed by atoms with Crippen molar-refractivity contribution in [2.45, 2.75) is 32.2 Å². The summed E-state index contributed by atoms with van der Waals surface area (Å²) in [7, 11) is 0. The molecule has 0 bridgehead atoms. The van der Waals surface area contributed by atoms with Gasteiger partial charge in [-0.05, 0) is 49.4 Å². The number of hydrogen-bond acceptors (Lipinski definition) is 2. The van der Waals surface area contributed by atoms with Gasteiger partial charge in [0.25, 0.3) is 0 Å². The number of piperidine rings is 1. The summed E-state index contributed by atoms with van der Waals surface area (Å²) in [4.78, 5) is 12.0. The Kier molecular flexibility index (Phi) is 5.06. The molecule has 2 rings (SSSR count). The number of benzene rings is 1. The molecule has 0 saturated carbocycles. The maximum atomic E-state index is 13.0. The van der Waals surface area contributed by atoms with Gasteiger partial charge in [0.2, 0.25) is 5.91 Å². The number of rotatable bonds is 4. The number of nitrogens with one attached hydrogen (secondary N) is 2. The van der Waals surface area contributed by atoms with Crippen molar-refractivity contribution in [1.82, 2.24) is 10.6 Å². The Balaban J connectivity index is 1.81. The lowest BCUT2D eigenvalue weighted by molar-refractivity contribution is -0.124. The summed E-state index contributed by atoms with van der Waals surface area (Å²) in [5.74, 6) is -0.896. The first kappa shape index (κ1) is 14.9. The van der Waals surface area contributed by atoms with Crippen LogP contribution in [0.3, 0.4) is 0 Å². The molecular formula is C15H20F2N2O. The zero-order valence-corrected chi connectivity index (χ0v) is 11.6. The van der Waals surface area contributed by atoms with Crippen molar-refractivity contribution in [3.05, 3.63) is 35.4 Å². The molecule has 110 valence electrons. The maximum Gasteiger partial charge on any atom is 0.237 e.